The molecule has 0 saturated heterocycles. The predicted octanol–water partition coefficient (Wildman–Crippen LogP) is 2.13. The lowest BCUT2D eigenvalue weighted by molar-refractivity contribution is 0.537. The van der Waals surface area contributed by atoms with Crippen LogP contribution in [0.5, 0.6) is 0 Å². The monoisotopic (exact) mass is 267 g/mol. The van der Waals surface area contributed by atoms with Crippen molar-refractivity contribution >= 4 is 9.84 Å². The molecule has 1 N–H and O–H groups in total. The van der Waals surface area contributed by atoms with Crippen molar-refractivity contribution in [2.75, 3.05) is 6.54 Å². The van der Waals surface area contributed by atoms with Crippen LogP contribution in [0.25, 0.3) is 0 Å². The van der Waals surface area contributed by atoms with E-state index in [2.05, 4.69) is 12.2 Å². The van der Waals surface area contributed by atoms with Crippen molar-refractivity contribution in [3.63, 3.8) is 0 Å². The smallest absolute Gasteiger partial charge is 0.157 e. The van der Waals surface area contributed by atoms with Gasteiger partial charge >= 0.3 is 0 Å². The third kappa shape index (κ3) is 3.33. The summed E-state index contributed by atoms with van der Waals surface area (Å²) in [6, 6.07) is 9.84. The molecular formula is C14H21NO2S. The standard InChI is InChI=1S/C14H21NO2S/c1-2-15-13-8-9-14(10-13)18(16,17)11-12-6-4-3-5-7-12/h3-7,13-15H,2,8-11H2,1H3. The van der Waals surface area contributed by atoms with Crippen LogP contribution in [0.15, 0.2) is 30.3 Å². The number of sulfone groups is 1. The van der Waals surface area contributed by atoms with E-state index in [-0.39, 0.29) is 11.0 Å². The molecule has 1 aliphatic rings. The highest BCUT2D eigenvalue weighted by Gasteiger charge is 2.33. The summed E-state index contributed by atoms with van der Waals surface area (Å²) in [6.07, 6.45) is 2.54. The lowest BCUT2D eigenvalue weighted by Crippen LogP contribution is -2.28. The number of nitrogens with one attached hydrogen (secondary N) is 1. The molecule has 3 nitrogen and oxygen atoms in total. The maximum Gasteiger partial charge on any atom is 0.157 e. The van der Waals surface area contributed by atoms with Crippen LogP contribution in [0.1, 0.15) is 31.7 Å². The molecule has 0 amide bonds. The molecule has 0 aliphatic heterocycles. The molecule has 2 atom stereocenters. The van der Waals surface area contributed by atoms with Crippen molar-refractivity contribution in [3.8, 4) is 0 Å². The second kappa shape index (κ2) is 5.85. The number of rotatable bonds is 5. The summed E-state index contributed by atoms with van der Waals surface area (Å²) < 4.78 is 24.6. The largest absolute Gasteiger partial charge is 0.314 e. The maximum absolute atomic E-state index is 12.3. The molecule has 18 heavy (non-hydrogen) atoms. The van der Waals surface area contributed by atoms with Crippen LogP contribution in [0.2, 0.25) is 0 Å². The Hall–Kier alpha value is -0.870. The molecular weight excluding hydrogens is 246 g/mol. The van der Waals surface area contributed by atoms with Gasteiger partial charge in [0, 0.05) is 6.04 Å². The average Bonchev–Trinajstić information content (AvgIpc) is 2.80. The highest BCUT2D eigenvalue weighted by molar-refractivity contribution is 7.91. The molecule has 4 heteroatoms. The van der Waals surface area contributed by atoms with Gasteiger partial charge < -0.3 is 5.32 Å². The van der Waals surface area contributed by atoms with E-state index < -0.39 is 9.84 Å². The Morgan fingerprint density at radius 3 is 2.61 bits per heavy atom. The second-order valence-electron chi connectivity index (χ2n) is 4.98. The summed E-state index contributed by atoms with van der Waals surface area (Å²) >= 11 is 0. The third-order valence-electron chi connectivity index (χ3n) is 3.60. The van der Waals surface area contributed by atoms with Gasteiger partial charge in [0.2, 0.25) is 0 Å². The van der Waals surface area contributed by atoms with Gasteiger partial charge in [0.05, 0.1) is 11.0 Å². The number of benzene rings is 1. The molecule has 0 bridgehead atoms. The van der Waals surface area contributed by atoms with Crippen molar-refractivity contribution in [3.05, 3.63) is 35.9 Å². The fourth-order valence-electron chi connectivity index (χ4n) is 2.66. The molecule has 1 aromatic carbocycles. The average molecular weight is 267 g/mol. The normalized spacial score (nSPS) is 24.3. The van der Waals surface area contributed by atoms with E-state index in [1.54, 1.807) is 0 Å². The molecule has 1 saturated carbocycles. The Kier molecular flexibility index (Phi) is 4.40. The van der Waals surface area contributed by atoms with Gasteiger partial charge in [0.15, 0.2) is 9.84 Å². The van der Waals surface area contributed by atoms with Crippen LogP contribution in [0.3, 0.4) is 0 Å². The van der Waals surface area contributed by atoms with E-state index in [9.17, 15) is 8.42 Å². The topological polar surface area (TPSA) is 46.2 Å². The first-order chi connectivity index (χ1) is 8.62. The second-order valence-corrected chi connectivity index (χ2v) is 7.26. The Labute approximate surface area is 110 Å². The minimum atomic E-state index is -3.00. The molecule has 0 spiro atoms. The van der Waals surface area contributed by atoms with E-state index in [0.29, 0.717) is 6.04 Å². The predicted molar refractivity (Wildman–Crippen MR) is 74.2 cm³/mol. The van der Waals surface area contributed by atoms with E-state index in [1.807, 2.05) is 30.3 Å². The van der Waals surface area contributed by atoms with Crippen LogP contribution in [-0.2, 0) is 15.6 Å². The van der Waals surface area contributed by atoms with Crippen molar-refractivity contribution in [2.45, 2.75) is 43.2 Å². The summed E-state index contributed by atoms with van der Waals surface area (Å²) in [5, 5.41) is 3.18. The molecule has 1 aliphatic carbocycles. The lowest BCUT2D eigenvalue weighted by atomic mass is 10.2. The molecule has 0 aromatic heterocycles. The molecule has 100 valence electrons. The zero-order valence-corrected chi connectivity index (χ0v) is 11.6. The Morgan fingerprint density at radius 2 is 1.94 bits per heavy atom. The van der Waals surface area contributed by atoms with Crippen molar-refractivity contribution in [1.82, 2.24) is 5.32 Å². The minimum Gasteiger partial charge on any atom is -0.314 e. The Bertz CT molecular complexity index is 470. The first-order valence-electron chi connectivity index (χ1n) is 6.60. The molecule has 2 rings (SSSR count). The van der Waals surface area contributed by atoms with Gasteiger partial charge in [-0.3, -0.25) is 0 Å². The number of hydrogen-bond donors (Lipinski definition) is 1. The first-order valence-corrected chi connectivity index (χ1v) is 8.32. The fourth-order valence-corrected chi connectivity index (χ4v) is 4.58. The van der Waals surface area contributed by atoms with Crippen molar-refractivity contribution < 1.29 is 8.42 Å². The highest BCUT2D eigenvalue weighted by atomic mass is 32.2. The van der Waals surface area contributed by atoms with E-state index in [0.717, 1.165) is 31.4 Å². The van der Waals surface area contributed by atoms with Gasteiger partial charge in [-0.05, 0) is 31.4 Å². The lowest BCUT2D eigenvalue weighted by Gasteiger charge is -2.13. The van der Waals surface area contributed by atoms with Gasteiger partial charge in [-0.15, -0.1) is 0 Å². The molecule has 0 radical (unpaired) electrons. The zero-order valence-electron chi connectivity index (χ0n) is 10.8. The summed E-state index contributed by atoms with van der Waals surface area (Å²) in [4.78, 5) is 0. The van der Waals surface area contributed by atoms with Gasteiger partial charge in [0.25, 0.3) is 0 Å². The molecule has 2 unspecified atom stereocenters. The maximum atomic E-state index is 12.3. The van der Waals surface area contributed by atoms with Gasteiger partial charge in [-0.25, -0.2) is 8.42 Å². The van der Waals surface area contributed by atoms with Crippen LogP contribution in [0.4, 0.5) is 0 Å². The van der Waals surface area contributed by atoms with Crippen LogP contribution in [-0.4, -0.2) is 26.3 Å². The van der Waals surface area contributed by atoms with Crippen molar-refractivity contribution in [2.24, 2.45) is 0 Å². The van der Waals surface area contributed by atoms with Crippen LogP contribution >= 0.6 is 0 Å². The molecule has 1 aromatic rings. The van der Waals surface area contributed by atoms with Crippen molar-refractivity contribution in [1.29, 1.82) is 0 Å². The van der Waals surface area contributed by atoms with Crippen LogP contribution < -0.4 is 5.32 Å². The SMILES string of the molecule is CCNC1CCC(S(=O)(=O)Cc2ccccc2)C1. The van der Waals surface area contributed by atoms with E-state index in [1.165, 1.54) is 0 Å². The Balaban J connectivity index is 2.00. The van der Waals surface area contributed by atoms with E-state index >= 15 is 0 Å². The van der Waals surface area contributed by atoms with Gasteiger partial charge in [-0.1, -0.05) is 37.3 Å². The first kappa shape index (κ1) is 13.6. The highest BCUT2D eigenvalue weighted by Crippen LogP contribution is 2.27. The third-order valence-corrected chi connectivity index (χ3v) is 5.78. The molecule has 0 heterocycles. The van der Waals surface area contributed by atoms with Gasteiger partial charge in [-0.2, -0.15) is 0 Å². The summed E-state index contributed by atoms with van der Waals surface area (Å²) in [7, 11) is -3.00. The summed E-state index contributed by atoms with van der Waals surface area (Å²) in [5.41, 5.74) is 0.893. The minimum absolute atomic E-state index is 0.165. The zero-order chi connectivity index (χ0) is 13.0. The quantitative estimate of drug-likeness (QED) is 0.889. The Morgan fingerprint density at radius 1 is 1.22 bits per heavy atom. The fraction of sp³-hybridized carbons (Fsp3) is 0.571. The summed E-state index contributed by atoms with van der Waals surface area (Å²) in [6.45, 7) is 2.97. The summed E-state index contributed by atoms with van der Waals surface area (Å²) in [5.74, 6) is 0.178. The van der Waals surface area contributed by atoms with Gasteiger partial charge in [0.1, 0.15) is 0 Å². The van der Waals surface area contributed by atoms with Crippen LogP contribution in [0, 0.1) is 0 Å². The van der Waals surface area contributed by atoms with E-state index in [4.69, 9.17) is 0 Å². The number of hydrogen-bond acceptors (Lipinski definition) is 3. The molecule has 1 fully saturated rings.